The molecule has 114 valence electrons. The number of hydrogen-bond donors (Lipinski definition) is 3. The highest BCUT2D eigenvalue weighted by Gasteiger charge is 2.16. The molecule has 0 spiro atoms. The Labute approximate surface area is 127 Å². The molecule has 1 fully saturated rings. The Kier molecular flexibility index (Phi) is 5.41. The van der Waals surface area contributed by atoms with Gasteiger partial charge in [-0.1, -0.05) is 11.6 Å². The van der Waals surface area contributed by atoms with Crippen molar-refractivity contribution in [3.63, 3.8) is 0 Å². The van der Waals surface area contributed by atoms with Crippen LogP contribution in [0.15, 0.2) is 18.2 Å². The molecule has 0 aromatic heterocycles. The number of hydrogen-bond acceptors (Lipinski definition) is 3. The van der Waals surface area contributed by atoms with Crippen molar-refractivity contribution in [1.82, 2.24) is 5.32 Å². The summed E-state index contributed by atoms with van der Waals surface area (Å²) in [4.78, 5) is 22.9. The van der Waals surface area contributed by atoms with Gasteiger partial charge in [0.15, 0.2) is 0 Å². The maximum atomic E-state index is 11.9. The van der Waals surface area contributed by atoms with Gasteiger partial charge in [-0.15, -0.1) is 0 Å². The SMILES string of the molecule is O=C(NCC1CCOCC1)Nc1cc(Cl)ccc1C(=O)O. The molecule has 0 saturated carbocycles. The Morgan fingerprint density at radius 2 is 2.05 bits per heavy atom. The average molecular weight is 313 g/mol. The Hall–Kier alpha value is -1.79. The van der Waals surface area contributed by atoms with Gasteiger partial charge in [-0.05, 0) is 37.0 Å². The summed E-state index contributed by atoms with van der Waals surface area (Å²) in [5, 5.41) is 14.7. The molecule has 21 heavy (non-hydrogen) atoms. The predicted octanol–water partition coefficient (Wildman–Crippen LogP) is 2.59. The monoisotopic (exact) mass is 312 g/mol. The van der Waals surface area contributed by atoms with E-state index in [-0.39, 0.29) is 11.3 Å². The van der Waals surface area contributed by atoms with Gasteiger partial charge >= 0.3 is 12.0 Å². The second-order valence-electron chi connectivity index (χ2n) is 4.89. The van der Waals surface area contributed by atoms with E-state index in [1.165, 1.54) is 18.2 Å². The van der Waals surface area contributed by atoms with E-state index in [9.17, 15) is 9.59 Å². The summed E-state index contributed by atoms with van der Waals surface area (Å²) < 4.78 is 5.25. The van der Waals surface area contributed by atoms with Gasteiger partial charge in [-0.3, -0.25) is 0 Å². The number of carbonyl (C=O) groups is 2. The standard InChI is InChI=1S/C14H17ClN2O4/c15-10-1-2-11(13(18)19)12(7-10)17-14(20)16-8-9-3-5-21-6-4-9/h1-2,7,9H,3-6,8H2,(H,18,19)(H2,16,17,20). The third-order valence-electron chi connectivity index (χ3n) is 3.35. The molecular formula is C14H17ClN2O4. The van der Waals surface area contributed by atoms with E-state index >= 15 is 0 Å². The second-order valence-corrected chi connectivity index (χ2v) is 5.32. The molecule has 2 rings (SSSR count). The third-order valence-corrected chi connectivity index (χ3v) is 3.59. The summed E-state index contributed by atoms with van der Waals surface area (Å²) in [5.41, 5.74) is 0.181. The van der Waals surface area contributed by atoms with Crippen molar-refractivity contribution in [2.45, 2.75) is 12.8 Å². The fourth-order valence-electron chi connectivity index (χ4n) is 2.16. The molecule has 0 aliphatic carbocycles. The van der Waals surface area contributed by atoms with Crippen molar-refractivity contribution in [1.29, 1.82) is 0 Å². The first-order chi connectivity index (χ1) is 10.1. The number of carboxylic acids is 1. The number of amides is 2. The van der Waals surface area contributed by atoms with Crippen LogP contribution >= 0.6 is 11.6 Å². The zero-order valence-electron chi connectivity index (χ0n) is 11.4. The quantitative estimate of drug-likeness (QED) is 0.797. The first-order valence-corrected chi connectivity index (χ1v) is 7.09. The van der Waals surface area contributed by atoms with Gasteiger partial charge in [0.05, 0.1) is 11.3 Å². The minimum Gasteiger partial charge on any atom is -0.478 e. The smallest absolute Gasteiger partial charge is 0.337 e. The lowest BCUT2D eigenvalue weighted by molar-refractivity contribution is 0.0670. The van der Waals surface area contributed by atoms with E-state index in [1.807, 2.05) is 0 Å². The molecule has 1 aliphatic heterocycles. The normalized spacial score (nSPS) is 15.5. The van der Waals surface area contributed by atoms with Crippen LogP contribution in [-0.4, -0.2) is 36.9 Å². The van der Waals surface area contributed by atoms with Crippen LogP contribution < -0.4 is 10.6 Å². The lowest BCUT2D eigenvalue weighted by atomic mass is 10.0. The van der Waals surface area contributed by atoms with Crippen LogP contribution in [-0.2, 0) is 4.74 Å². The Morgan fingerprint density at radius 1 is 1.33 bits per heavy atom. The highest BCUT2D eigenvalue weighted by molar-refractivity contribution is 6.31. The number of benzene rings is 1. The van der Waals surface area contributed by atoms with E-state index in [1.54, 1.807) is 0 Å². The van der Waals surface area contributed by atoms with Gasteiger partial charge in [-0.25, -0.2) is 9.59 Å². The molecule has 0 atom stereocenters. The van der Waals surface area contributed by atoms with Crippen LogP contribution in [0.2, 0.25) is 5.02 Å². The minimum absolute atomic E-state index is 0.000571. The lowest BCUT2D eigenvalue weighted by Gasteiger charge is -2.22. The van der Waals surface area contributed by atoms with E-state index < -0.39 is 12.0 Å². The predicted molar refractivity (Wildman–Crippen MR) is 79.0 cm³/mol. The van der Waals surface area contributed by atoms with Gasteiger partial charge in [-0.2, -0.15) is 0 Å². The number of urea groups is 1. The number of carboxylic acid groups (broad SMARTS) is 1. The van der Waals surface area contributed by atoms with E-state index in [0.717, 1.165) is 12.8 Å². The highest BCUT2D eigenvalue weighted by atomic mass is 35.5. The van der Waals surface area contributed by atoms with Gasteiger partial charge in [0.2, 0.25) is 0 Å². The fourth-order valence-corrected chi connectivity index (χ4v) is 2.33. The second kappa shape index (κ2) is 7.28. The van der Waals surface area contributed by atoms with Crippen molar-refractivity contribution in [2.75, 3.05) is 25.1 Å². The van der Waals surface area contributed by atoms with Gasteiger partial charge < -0.3 is 20.5 Å². The Bertz CT molecular complexity index is 530. The highest BCUT2D eigenvalue weighted by Crippen LogP contribution is 2.21. The summed E-state index contributed by atoms with van der Waals surface area (Å²) in [6.45, 7) is 1.97. The summed E-state index contributed by atoms with van der Waals surface area (Å²) in [5.74, 6) is -0.728. The van der Waals surface area contributed by atoms with Crippen LogP contribution in [0, 0.1) is 5.92 Å². The van der Waals surface area contributed by atoms with Crippen molar-refractivity contribution in [3.05, 3.63) is 28.8 Å². The Balaban J connectivity index is 1.92. The topological polar surface area (TPSA) is 87.7 Å². The van der Waals surface area contributed by atoms with E-state index in [2.05, 4.69) is 10.6 Å². The van der Waals surface area contributed by atoms with E-state index in [4.69, 9.17) is 21.4 Å². The maximum absolute atomic E-state index is 11.9. The molecule has 6 nitrogen and oxygen atoms in total. The maximum Gasteiger partial charge on any atom is 0.337 e. The van der Waals surface area contributed by atoms with Gasteiger partial charge in [0.25, 0.3) is 0 Å². The van der Waals surface area contributed by atoms with Crippen molar-refractivity contribution in [2.24, 2.45) is 5.92 Å². The van der Waals surface area contributed by atoms with Crippen LogP contribution in [0.4, 0.5) is 10.5 Å². The number of nitrogens with one attached hydrogen (secondary N) is 2. The molecule has 2 amide bonds. The third kappa shape index (κ3) is 4.61. The zero-order chi connectivity index (χ0) is 15.2. The molecular weight excluding hydrogens is 296 g/mol. The van der Waals surface area contributed by atoms with Gasteiger partial charge in [0.1, 0.15) is 0 Å². The van der Waals surface area contributed by atoms with Crippen molar-refractivity contribution >= 4 is 29.3 Å². The summed E-state index contributed by atoms with van der Waals surface area (Å²) in [6, 6.07) is 3.81. The number of carbonyl (C=O) groups excluding carboxylic acids is 1. The number of halogens is 1. The molecule has 1 aliphatic rings. The summed E-state index contributed by atoms with van der Waals surface area (Å²) >= 11 is 5.83. The minimum atomic E-state index is -1.12. The van der Waals surface area contributed by atoms with Crippen LogP contribution in [0.5, 0.6) is 0 Å². The first-order valence-electron chi connectivity index (χ1n) is 6.71. The van der Waals surface area contributed by atoms with Crippen LogP contribution in [0.25, 0.3) is 0 Å². The fraction of sp³-hybridized carbons (Fsp3) is 0.429. The first kappa shape index (κ1) is 15.6. The molecule has 1 heterocycles. The number of ether oxygens (including phenoxy) is 1. The van der Waals surface area contributed by atoms with Crippen molar-refractivity contribution < 1.29 is 19.4 Å². The molecule has 1 aromatic rings. The number of anilines is 1. The molecule has 0 bridgehead atoms. The molecule has 0 unspecified atom stereocenters. The van der Waals surface area contributed by atoms with Crippen LogP contribution in [0.3, 0.4) is 0 Å². The molecule has 1 aromatic carbocycles. The molecule has 0 radical (unpaired) electrons. The Morgan fingerprint density at radius 3 is 2.71 bits per heavy atom. The van der Waals surface area contributed by atoms with Crippen molar-refractivity contribution in [3.8, 4) is 0 Å². The lowest BCUT2D eigenvalue weighted by Crippen LogP contribution is -2.35. The van der Waals surface area contributed by atoms with Crippen LogP contribution in [0.1, 0.15) is 23.2 Å². The summed E-state index contributed by atoms with van der Waals surface area (Å²) in [7, 11) is 0. The zero-order valence-corrected chi connectivity index (χ0v) is 12.2. The average Bonchev–Trinajstić information content (AvgIpc) is 2.46. The number of aromatic carboxylic acids is 1. The molecule has 3 N–H and O–H groups in total. The van der Waals surface area contributed by atoms with Gasteiger partial charge in [0, 0.05) is 24.8 Å². The molecule has 7 heteroatoms. The largest absolute Gasteiger partial charge is 0.478 e. The summed E-state index contributed by atoms with van der Waals surface area (Å²) in [6.07, 6.45) is 1.83. The molecule has 1 saturated heterocycles. The van der Waals surface area contributed by atoms with E-state index in [0.29, 0.717) is 30.7 Å². The number of rotatable bonds is 4.